The van der Waals surface area contributed by atoms with Crippen LogP contribution < -0.4 is 21.7 Å². The molecule has 5 N–H and O–H groups in total. The van der Waals surface area contributed by atoms with Crippen molar-refractivity contribution in [2.45, 2.75) is 6.17 Å². The van der Waals surface area contributed by atoms with Gasteiger partial charge in [-0.15, -0.1) is 0 Å². The average molecular weight is 246 g/mol. The summed E-state index contributed by atoms with van der Waals surface area (Å²) in [5, 5.41) is 0. The van der Waals surface area contributed by atoms with E-state index in [1.807, 2.05) is 18.2 Å². The molecule has 0 aliphatic carbocycles. The molecule has 5 heteroatoms. The quantitative estimate of drug-likeness (QED) is 0.420. The molecule has 1 aromatic rings. The van der Waals surface area contributed by atoms with Gasteiger partial charge in [0.15, 0.2) is 0 Å². The maximum Gasteiger partial charge on any atom is 0.125 e. The highest BCUT2D eigenvalue weighted by molar-refractivity contribution is 9.10. The molecule has 0 aliphatic rings. The maximum absolute atomic E-state index is 5.70. The van der Waals surface area contributed by atoms with Crippen molar-refractivity contribution in [2.24, 2.45) is 11.6 Å². The highest BCUT2D eigenvalue weighted by Crippen LogP contribution is 2.25. The fraction of sp³-hybridized carbons (Fsp3) is 0.250. The zero-order chi connectivity index (χ0) is 9.84. The Balaban J connectivity index is 3.07. The molecule has 1 atom stereocenters. The number of nitrogens with two attached hydrogens (primary N) is 2. The van der Waals surface area contributed by atoms with Gasteiger partial charge in [0.1, 0.15) is 5.75 Å². The number of halogens is 1. The van der Waals surface area contributed by atoms with Crippen LogP contribution in [0.5, 0.6) is 5.75 Å². The van der Waals surface area contributed by atoms with Gasteiger partial charge in [-0.25, -0.2) is 5.43 Å². The lowest BCUT2D eigenvalue weighted by Crippen LogP contribution is -2.34. The van der Waals surface area contributed by atoms with Crippen molar-refractivity contribution in [3.63, 3.8) is 0 Å². The predicted molar refractivity (Wildman–Crippen MR) is 54.9 cm³/mol. The van der Waals surface area contributed by atoms with Crippen molar-refractivity contribution in [3.05, 3.63) is 28.2 Å². The van der Waals surface area contributed by atoms with Crippen LogP contribution in [0, 0.1) is 0 Å². The molecule has 72 valence electrons. The lowest BCUT2D eigenvalue weighted by Gasteiger charge is -2.14. The number of hydrogen-bond donors (Lipinski definition) is 3. The van der Waals surface area contributed by atoms with E-state index in [1.165, 1.54) is 0 Å². The smallest absolute Gasteiger partial charge is 0.125 e. The summed E-state index contributed by atoms with van der Waals surface area (Å²) < 4.78 is 6.07. The monoisotopic (exact) mass is 245 g/mol. The SMILES string of the molecule is COc1ccc(Br)cc1C(N)NN. The van der Waals surface area contributed by atoms with Gasteiger partial charge in [-0.3, -0.25) is 5.84 Å². The molecule has 0 aliphatic heterocycles. The number of ether oxygens (including phenoxy) is 1. The van der Waals surface area contributed by atoms with Crippen LogP contribution >= 0.6 is 15.9 Å². The Kier molecular flexibility index (Phi) is 3.68. The standard InChI is InChI=1S/C8H12BrN3O/c1-13-7-3-2-5(9)4-6(7)8(10)12-11/h2-4,8,12H,10-11H2,1H3. The van der Waals surface area contributed by atoms with Gasteiger partial charge in [0.05, 0.1) is 13.3 Å². The largest absolute Gasteiger partial charge is 0.496 e. The zero-order valence-electron chi connectivity index (χ0n) is 7.25. The van der Waals surface area contributed by atoms with Crippen molar-refractivity contribution < 1.29 is 4.74 Å². The van der Waals surface area contributed by atoms with Crippen LogP contribution in [0.15, 0.2) is 22.7 Å². The summed E-state index contributed by atoms with van der Waals surface area (Å²) in [4.78, 5) is 0. The summed E-state index contributed by atoms with van der Waals surface area (Å²) in [6, 6.07) is 5.57. The normalized spacial score (nSPS) is 12.6. The van der Waals surface area contributed by atoms with Crippen LogP contribution in [0.1, 0.15) is 11.7 Å². The van der Waals surface area contributed by atoms with Crippen molar-refractivity contribution in [1.82, 2.24) is 5.43 Å². The van der Waals surface area contributed by atoms with Gasteiger partial charge >= 0.3 is 0 Å². The number of hydrogen-bond acceptors (Lipinski definition) is 4. The van der Waals surface area contributed by atoms with Crippen molar-refractivity contribution in [3.8, 4) is 5.75 Å². The molecule has 0 fully saturated rings. The van der Waals surface area contributed by atoms with E-state index in [1.54, 1.807) is 7.11 Å². The Morgan fingerprint density at radius 2 is 2.23 bits per heavy atom. The number of benzene rings is 1. The second-order valence-electron chi connectivity index (χ2n) is 2.53. The molecule has 0 amide bonds. The van der Waals surface area contributed by atoms with Gasteiger partial charge in [0.2, 0.25) is 0 Å². The fourth-order valence-corrected chi connectivity index (χ4v) is 1.42. The third-order valence-corrected chi connectivity index (χ3v) is 2.20. The minimum absolute atomic E-state index is 0.424. The summed E-state index contributed by atoms with van der Waals surface area (Å²) in [5.41, 5.74) is 8.98. The fourth-order valence-electron chi connectivity index (χ4n) is 1.04. The molecule has 13 heavy (non-hydrogen) atoms. The number of nitrogens with one attached hydrogen (secondary N) is 1. The third kappa shape index (κ3) is 2.41. The Labute approximate surface area is 85.3 Å². The molecule has 4 nitrogen and oxygen atoms in total. The van der Waals surface area contributed by atoms with E-state index < -0.39 is 6.17 Å². The van der Waals surface area contributed by atoms with Gasteiger partial charge in [0.25, 0.3) is 0 Å². The van der Waals surface area contributed by atoms with E-state index in [0.29, 0.717) is 5.75 Å². The zero-order valence-corrected chi connectivity index (χ0v) is 8.84. The molecule has 1 rings (SSSR count). The van der Waals surface area contributed by atoms with E-state index >= 15 is 0 Å². The molecule has 0 bridgehead atoms. The highest BCUT2D eigenvalue weighted by Gasteiger charge is 2.09. The number of methoxy groups -OCH3 is 1. The second-order valence-corrected chi connectivity index (χ2v) is 3.45. The van der Waals surface area contributed by atoms with Gasteiger partial charge in [-0.2, -0.15) is 0 Å². The molecule has 0 aromatic heterocycles. The van der Waals surface area contributed by atoms with Crippen molar-refractivity contribution in [2.75, 3.05) is 7.11 Å². The van der Waals surface area contributed by atoms with E-state index in [9.17, 15) is 0 Å². The Morgan fingerprint density at radius 1 is 1.54 bits per heavy atom. The first-order valence-corrected chi connectivity index (χ1v) is 4.53. The average Bonchev–Trinajstić information content (AvgIpc) is 2.16. The number of rotatable bonds is 3. The topological polar surface area (TPSA) is 73.3 Å². The van der Waals surface area contributed by atoms with E-state index in [-0.39, 0.29) is 0 Å². The number of hydrazine groups is 1. The highest BCUT2D eigenvalue weighted by atomic mass is 79.9. The van der Waals surface area contributed by atoms with Crippen molar-refractivity contribution >= 4 is 15.9 Å². The third-order valence-electron chi connectivity index (χ3n) is 1.71. The molecule has 0 saturated carbocycles. The Morgan fingerprint density at radius 3 is 2.77 bits per heavy atom. The molecule has 0 spiro atoms. The van der Waals surface area contributed by atoms with Gasteiger partial charge in [-0.05, 0) is 18.2 Å². The minimum Gasteiger partial charge on any atom is -0.496 e. The Bertz CT molecular complexity index is 293. The summed E-state index contributed by atoms with van der Waals surface area (Å²) in [7, 11) is 1.59. The molecule has 1 unspecified atom stereocenters. The predicted octanol–water partition coefficient (Wildman–Crippen LogP) is 0.878. The van der Waals surface area contributed by atoms with Crippen LogP contribution in [-0.2, 0) is 0 Å². The minimum atomic E-state index is -0.424. The van der Waals surface area contributed by atoms with Crippen LogP contribution in [-0.4, -0.2) is 7.11 Å². The van der Waals surface area contributed by atoms with Crippen LogP contribution in [0.25, 0.3) is 0 Å². The summed E-state index contributed by atoms with van der Waals surface area (Å²) in [6.07, 6.45) is -0.424. The first-order chi connectivity index (χ1) is 6.19. The maximum atomic E-state index is 5.70. The van der Waals surface area contributed by atoms with E-state index in [4.69, 9.17) is 16.3 Å². The Hall–Kier alpha value is -0.620. The summed E-state index contributed by atoms with van der Waals surface area (Å²) >= 11 is 3.34. The van der Waals surface area contributed by atoms with E-state index in [2.05, 4.69) is 21.4 Å². The van der Waals surface area contributed by atoms with Gasteiger partial charge < -0.3 is 10.5 Å². The van der Waals surface area contributed by atoms with E-state index in [0.717, 1.165) is 10.0 Å². The molecule has 0 radical (unpaired) electrons. The lowest BCUT2D eigenvalue weighted by molar-refractivity contribution is 0.400. The molecular weight excluding hydrogens is 234 g/mol. The molecule has 1 aromatic carbocycles. The van der Waals surface area contributed by atoms with Gasteiger partial charge in [-0.1, -0.05) is 15.9 Å². The molecule has 0 saturated heterocycles. The summed E-state index contributed by atoms with van der Waals surface area (Å²) in [6.45, 7) is 0. The first-order valence-electron chi connectivity index (χ1n) is 3.74. The second kappa shape index (κ2) is 4.57. The lowest BCUT2D eigenvalue weighted by atomic mass is 10.1. The first kappa shape index (κ1) is 10.5. The van der Waals surface area contributed by atoms with Crippen LogP contribution in [0.4, 0.5) is 0 Å². The summed E-state index contributed by atoms with van der Waals surface area (Å²) in [5.74, 6) is 5.95. The van der Waals surface area contributed by atoms with Crippen LogP contribution in [0.3, 0.4) is 0 Å². The van der Waals surface area contributed by atoms with Crippen LogP contribution in [0.2, 0.25) is 0 Å². The molecule has 0 heterocycles. The van der Waals surface area contributed by atoms with Gasteiger partial charge in [0, 0.05) is 10.0 Å². The molecular formula is C8H12BrN3O. The van der Waals surface area contributed by atoms with Crippen molar-refractivity contribution in [1.29, 1.82) is 0 Å².